The monoisotopic (exact) mass is 711 g/mol. The van der Waals surface area contributed by atoms with Crippen molar-refractivity contribution in [3.05, 3.63) is 102 Å². The number of hydrogen-bond acceptors (Lipinski definition) is 4. The summed E-state index contributed by atoms with van der Waals surface area (Å²) in [5.74, 6) is -2.16. The van der Waals surface area contributed by atoms with Crippen molar-refractivity contribution in [2.24, 2.45) is 17.8 Å². The molecule has 6 heterocycles. The summed E-state index contributed by atoms with van der Waals surface area (Å²) in [7, 11) is 1.33. The van der Waals surface area contributed by atoms with E-state index in [9.17, 15) is 9.59 Å². The molecule has 2 saturated heterocycles. The summed E-state index contributed by atoms with van der Waals surface area (Å²) in [4.78, 5) is 48.9. The molecule has 1 unspecified atom stereocenters. The normalized spacial score (nSPS) is 25.7. The molecule has 3 aromatic rings. The van der Waals surface area contributed by atoms with Gasteiger partial charge in [0.05, 0.1) is 13.5 Å². The number of carbonyl (C=O) groups is 2. The Hall–Kier alpha value is -3.83. The average Bonchev–Trinajstić information content (AvgIpc) is 3.24. The molecule has 3 aromatic heterocycles. The molecule has 9 nitrogen and oxygen atoms in total. The fourth-order valence-electron chi connectivity index (χ4n) is 8.13. The van der Waals surface area contributed by atoms with Gasteiger partial charge in [0.1, 0.15) is 5.92 Å². The summed E-state index contributed by atoms with van der Waals surface area (Å²) < 4.78 is 8.17. The maximum absolute atomic E-state index is 14.3. The second-order valence-corrected chi connectivity index (χ2v) is 14.2. The molecule has 0 aromatic carbocycles. The van der Waals surface area contributed by atoms with Gasteiger partial charge < -0.3 is 25.0 Å². The molecule has 1 aliphatic carbocycles. The second kappa shape index (κ2) is 14.9. The third-order valence-corrected chi connectivity index (χ3v) is 11.2. The minimum absolute atomic E-state index is 0. The van der Waals surface area contributed by atoms with Crippen LogP contribution in [0.4, 0.5) is 0 Å². The molecule has 10 heteroatoms. The third kappa shape index (κ3) is 6.41. The Morgan fingerprint density at radius 2 is 1.73 bits per heavy atom. The molecule has 3 aliphatic heterocycles. The van der Waals surface area contributed by atoms with Gasteiger partial charge in [-0.1, -0.05) is 91.5 Å². The van der Waals surface area contributed by atoms with Crippen molar-refractivity contribution in [1.82, 2.24) is 15.0 Å². The topological polar surface area (TPSA) is 115 Å². The van der Waals surface area contributed by atoms with Gasteiger partial charge in [-0.25, -0.2) is 0 Å². The molecule has 4 aliphatic rings. The first-order valence-corrected chi connectivity index (χ1v) is 18.2. The molecule has 268 valence electrons. The van der Waals surface area contributed by atoms with Crippen LogP contribution in [0, 0.1) is 38.5 Å². The summed E-state index contributed by atoms with van der Waals surface area (Å²) in [5.41, 5.74) is 11.6. The number of aromatic nitrogens is 3. The van der Waals surface area contributed by atoms with Gasteiger partial charge >= 0.3 is 35.3 Å². The molecule has 0 saturated carbocycles. The predicted molar refractivity (Wildman–Crippen MR) is 205 cm³/mol. The maximum Gasteiger partial charge on any atom is 2.00 e. The van der Waals surface area contributed by atoms with E-state index in [1.807, 2.05) is 25.2 Å². The number of methoxy groups -OCH3 is 1. The minimum Gasteiger partial charge on any atom is -0.664 e. The zero-order valence-electron chi connectivity index (χ0n) is 31.7. The summed E-state index contributed by atoms with van der Waals surface area (Å²) in [6, 6.07) is 0. The number of rotatable bonds is 10. The van der Waals surface area contributed by atoms with Gasteiger partial charge in [0, 0.05) is 5.56 Å². The van der Waals surface area contributed by atoms with Crippen LogP contribution in [0.15, 0.2) is 29.6 Å². The molecule has 0 radical (unpaired) electrons. The standard InChI is InChI=1S/C42H48N4O5.Mg/c1-10-13-21(4)16-17-51-35(50-51)15-14-28-24(7)31-18-29-22(5)26(11-2)33(43-29)19-30-23(6)27(12-3)34(44-30)20-32-25(8)36-40(46-32)37(39(28)45-31)38(41(36)47)42(48)49-9;/h11,16,18-20,24,28,35,38H,2,10,12-15,17H2,1,3-9H3,(H-,45,46,47);/q-2;+2/p-1/b21-16+,30-19-,31-18-,34-20-;/t24-,28-,35?,38+;/m0./s1. The van der Waals surface area contributed by atoms with Gasteiger partial charge in [-0.05, 0) is 75.3 Å². The van der Waals surface area contributed by atoms with Crippen LogP contribution < -0.4 is 25.7 Å². The Morgan fingerprint density at radius 1 is 1.00 bits per heavy atom. The van der Waals surface area contributed by atoms with E-state index >= 15 is 0 Å². The Labute approximate surface area is 322 Å². The minimum atomic E-state index is -1.13. The average molecular weight is 712 g/mol. The van der Waals surface area contributed by atoms with E-state index in [2.05, 4.69) is 64.8 Å². The Morgan fingerprint density at radius 3 is 2.42 bits per heavy atom. The summed E-state index contributed by atoms with van der Waals surface area (Å²) in [5, 5.41) is 6.94. The first-order valence-electron chi connectivity index (χ1n) is 18.2. The maximum atomic E-state index is 14.3. The summed E-state index contributed by atoms with van der Waals surface area (Å²) >= 11 is 0. The van der Waals surface area contributed by atoms with E-state index < -0.39 is 11.9 Å². The van der Waals surface area contributed by atoms with Crippen molar-refractivity contribution in [2.75, 3.05) is 13.7 Å². The van der Waals surface area contributed by atoms with Gasteiger partial charge in [-0.3, -0.25) is 9.59 Å². The zero-order valence-corrected chi connectivity index (χ0v) is 33.1. The summed E-state index contributed by atoms with van der Waals surface area (Å²) in [6.07, 6.45) is 14.5. The summed E-state index contributed by atoms with van der Waals surface area (Å²) in [6.45, 7) is 19.4. The van der Waals surface area contributed by atoms with Crippen LogP contribution in [-0.2, 0) is 25.4 Å². The van der Waals surface area contributed by atoms with Gasteiger partial charge in [-0.15, -0.1) is 33.5 Å². The SMILES string of the molecule is C=Cc1c2[n-]c(c1C)/C=C1\[N-]/C(=C3\c4[n-]c(c(C)c4C(=O)[C@@H]3C(=O)OC)/C=c3\[n-]/c(c(C)c3CC)=C\2)[C@@H](CCC2O[O+]2C/C=C(\C)CCC)[C@@H]1C.[Mg+2]. The van der Waals surface area contributed by atoms with E-state index in [1.165, 1.54) is 12.7 Å². The first-order chi connectivity index (χ1) is 24.5. The molecule has 0 N–H and O–H groups in total. The van der Waals surface area contributed by atoms with Crippen molar-refractivity contribution < 1.29 is 23.7 Å². The molecule has 8 bridgehead atoms. The fourth-order valence-corrected chi connectivity index (χ4v) is 8.13. The van der Waals surface area contributed by atoms with Gasteiger partial charge in [0.2, 0.25) is 6.61 Å². The fraction of sp³-hybridized carbons (Fsp3) is 0.429. The van der Waals surface area contributed by atoms with Crippen molar-refractivity contribution in [1.29, 1.82) is 0 Å². The van der Waals surface area contributed by atoms with Crippen LogP contribution in [0.25, 0.3) is 35.2 Å². The smallest absolute Gasteiger partial charge is 0.664 e. The van der Waals surface area contributed by atoms with Crippen molar-refractivity contribution >= 4 is 64.7 Å². The second-order valence-electron chi connectivity index (χ2n) is 14.2. The molecule has 2 fully saturated rings. The van der Waals surface area contributed by atoms with Crippen molar-refractivity contribution in [2.45, 2.75) is 86.9 Å². The number of fused-ring (bicyclic) bond motifs is 7. The number of Topliss-reactive ketones (excluding diaryl/α,β-unsaturated/α-hetero) is 1. The Bertz CT molecular complexity index is 2180. The third-order valence-electron chi connectivity index (χ3n) is 11.2. The molecule has 52 heavy (non-hydrogen) atoms. The van der Waals surface area contributed by atoms with Gasteiger partial charge in [0.15, 0.2) is 5.78 Å². The van der Waals surface area contributed by atoms with Crippen LogP contribution in [0.2, 0.25) is 0 Å². The molecule has 0 spiro atoms. The van der Waals surface area contributed by atoms with Crippen LogP contribution in [0.5, 0.6) is 0 Å². The van der Waals surface area contributed by atoms with E-state index in [1.54, 1.807) is 0 Å². The predicted octanol–water partition coefficient (Wildman–Crippen LogP) is 6.01. The van der Waals surface area contributed by atoms with E-state index in [0.717, 1.165) is 87.7 Å². The van der Waals surface area contributed by atoms with Crippen LogP contribution in [0.1, 0.15) is 114 Å². The number of ketones is 1. The van der Waals surface area contributed by atoms with E-state index in [0.29, 0.717) is 34.8 Å². The molecular weight excluding hydrogens is 665 g/mol. The number of hydrogen-bond donors (Lipinski definition) is 0. The molecular formula is C42H47MgN4O5-. The van der Waals surface area contributed by atoms with Crippen molar-refractivity contribution in [3.63, 3.8) is 0 Å². The number of carbonyl (C=O) groups excluding carboxylic acids is 2. The zero-order chi connectivity index (χ0) is 36.3. The Kier molecular flexibility index (Phi) is 10.9. The molecule has 4 atom stereocenters. The Balaban J connectivity index is 0.00000464. The number of allylic oxidation sites excluding steroid dienone is 3. The molecule has 7 rings (SSSR count). The quantitative estimate of drug-likeness (QED) is 0.0482. The van der Waals surface area contributed by atoms with E-state index in [4.69, 9.17) is 29.9 Å². The van der Waals surface area contributed by atoms with Crippen LogP contribution >= 0.6 is 0 Å². The van der Waals surface area contributed by atoms with Gasteiger partial charge in [0.25, 0.3) is 0 Å². The van der Waals surface area contributed by atoms with Gasteiger partial charge in [-0.2, -0.15) is 15.9 Å². The largest absolute Gasteiger partial charge is 2.00 e. The van der Waals surface area contributed by atoms with E-state index in [-0.39, 0.29) is 47.0 Å². The number of esters is 1. The van der Waals surface area contributed by atoms with Crippen LogP contribution in [0.3, 0.4) is 0 Å². The number of nitrogens with zero attached hydrogens (tertiary/aromatic N) is 4. The van der Waals surface area contributed by atoms with Crippen LogP contribution in [-0.4, -0.2) is 54.8 Å². The molecule has 0 amide bonds. The number of ether oxygens (including phenoxy) is 1. The first kappa shape index (κ1) is 37.9. The van der Waals surface area contributed by atoms with Crippen molar-refractivity contribution in [3.8, 4) is 0 Å².